The zero-order valence-corrected chi connectivity index (χ0v) is 12.4. The molecular formula is C15H14ClNO5. The number of aliphatic carboxylic acids is 1. The third-order valence-electron chi connectivity index (χ3n) is 3.76. The summed E-state index contributed by atoms with van der Waals surface area (Å²) in [6.45, 7) is 0.349. The van der Waals surface area contributed by atoms with Gasteiger partial charge in [0.25, 0.3) is 5.91 Å². The molecule has 3 rings (SSSR count). The monoisotopic (exact) mass is 323 g/mol. The van der Waals surface area contributed by atoms with Gasteiger partial charge in [-0.05, 0) is 24.3 Å². The van der Waals surface area contributed by atoms with Crippen LogP contribution in [0.5, 0.6) is 5.75 Å². The zero-order valence-electron chi connectivity index (χ0n) is 11.6. The lowest BCUT2D eigenvalue weighted by Gasteiger charge is -2.25. The Hall–Kier alpha value is -2.05. The summed E-state index contributed by atoms with van der Waals surface area (Å²) >= 11 is 5.93. The highest BCUT2D eigenvalue weighted by molar-refractivity contribution is 6.30. The van der Waals surface area contributed by atoms with E-state index in [1.165, 1.54) is 0 Å². The van der Waals surface area contributed by atoms with Crippen molar-refractivity contribution in [1.82, 2.24) is 5.32 Å². The number of carboxylic acid groups (broad SMARTS) is 1. The first-order chi connectivity index (χ1) is 10.5. The van der Waals surface area contributed by atoms with Crippen molar-refractivity contribution in [2.45, 2.75) is 12.0 Å². The molecule has 2 heterocycles. The number of hydrogen-bond acceptors (Lipinski definition) is 4. The van der Waals surface area contributed by atoms with Gasteiger partial charge in [-0.25, -0.2) is 4.79 Å². The third-order valence-corrected chi connectivity index (χ3v) is 4.00. The van der Waals surface area contributed by atoms with E-state index in [1.807, 2.05) is 0 Å². The van der Waals surface area contributed by atoms with Crippen LogP contribution in [-0.4, -0.2) is 42.3 Å². The molecule has 6 nitrogen and oxygen atoms in total. The lowest BCUT2D eigenvalue weighted by atomic mass is 9.97. The van der Waals surface area contributed by atoms with E-state index < -0.39 is 17.4 Å². The number of hydrogen-bond donors (Lipinski definition) is 2. The van der Waals surface area contributed by atoms with Gasteiger partial charge in [-0.3, -0.25) is 4.79 Å². The SMILES string of the molecule is O=C(NC1(C(=O)O)CCOC1)C1=Cc2cc(Cl)ccc2OC1. The molecule has 7 heteroatoms. The zero-order chi connectivity index (χ0) is 15.7. The molecule has 1 aromatic rings. The predicted octanol–water partition coefficient (Wildman–Crippen LogP) is 1.48. The van der Waals surface area contributed by atoms with E-state index in [2.05, 4.69) is 5.32 Å². The summed E-state index contributed by atoms with van der Waals surface area (Å²) in [6, 6.07) is 5.12. The molecule has 0 bridgehead atoms. The molecule has 0 spiro atoms. The van der Waals surface area contributed by atoms with Crippen molar-refractivity contribution >= 4 is 29.6 Å². The van der Waals surface area contributed by atoms with Crippen LogP contribution in [-0.2, 0) is 14.3 Å². The second-order valence-electron chi connectivity index (χ2n) is 5.28. The number of rotatable bonds is 3. The second kappa shape index (κ2) is 5.62. The maximum atomic E-state index is 12.3. The molecule has 116 valence electrons. The molecule has 0 aromatic heterocycles. The van der Waals surface area contributed by atoms with Crippen molar-refractivity contribution in [2.24, 2.45) is 0 Å². The second-order valence-corrected chi connectivity index (χ2v) is 5.72. The van der Waals surface area contributed by atoms with E-state index in [9.17, 15) is 14.7 Å². The number of halogens is 1. The molecule has 1 fully saturated rings. The molecule has 2 N–H and O–H groups in total. The Morgan fingerprint density at radius 3 is 2.86 bits per heavy atom. The number of nitrogens with one attached hydrogen (secondary N) is 1. The molecule has 1 aromatic carbocycles. The minimum atomic E-state index is -1.37. The van der Waals surface area contributed by atoms with Gasteiger partial charge in [-0.2, -0.15) is 0 Å². The average molecular weight is 324 g/mol. The summed E-state index contributed by atoms with van der Waals surface area (Å²) < 4.78 is 10.6. The van der Waals surface area contributed by atoms with Gasteiger partial charge in [0.2, 0.25) is 0 Å². The van der Waals surface area contributed by atoms with E-state index in [-0.39, 0.29) is 19.6 Å². The molecule has 0 saturated carbocycles. The van der Waals surface area contributed by atoms with Crippen LogP contribution >= 0.6 is 11.6 Å². The number of carboxylic acids is 1. The van der Waals surface area contributed by atoms with Crippen LogP contribution in [0.15, 0.2) is 23.8 Å². The highest BCUT2D eigenvalue weighted by Crippen LogP contribution is 2.29. The number of benzene rings is 1. The third kappa shape index (κ3) is 2.67. The molecular weight excluding hydrogens is 310 g/mol. The Bertz CT molecular complexity index is 664. The van der Waals surface area contributed by atoms with Gasteiger partial charge < -0.3 is 19.9 Å². The Balaban J connectivity index is 1.82. The Labute approximate surface area is 131 Å². The fraction of sp³-hybridized carbons (Fsp3) is 0.333. The van der Waals surface area contributed by atoms with Crippen molar-refractivity contribution in [1.29, 1.82) is 0 Å². The number of ether oxygens (including phenoxy) is 2. The minimum Gasteiger partial charge on any atom is -0.488 e. The van der Waals surface area contributed by atoms with Gasteiger partial charge in [-0.15, -0.1) is 0 Å². The fourth-order valence-electron chi connectivity index (χ4n) is 2.46. The average Bonchev–Trinajstić information content (AvgIpc) is 2.96. The molecule has 1 saturated heterocycles. The normalized spacial score (nSPS) is 23.2. The number of amides is 1. The lowest BCUT2D eigenvalue weighted by molar-refractivity contribution is -0.147. The first-order valence-corrected chi connectivity index (χ1v) is 7.14. The summed E-state index contributed by atoms with van der Waals surface area (Å²) in [5.74, 6) is -0.934. The highest BCUT2D eigenvalue weighted by atomic mass is 35.5. The van der Waals surface area contributed by atoms with Gasteiger partial charge in [0, 0.05) is 23.6 Å². The summed E-state index contributed by atoms with van der Waals surface area (Å²) in [6.07, 6.45) is 1.90. The van der Waals surface area contributed by atoms with Crippen LogP contribution in [0.2, 0.25) is 5.02 Å². The molecule has 1 atom stereocenters. The first kappa shape index (κ1) is 14.9. The van der Waals surface area contributed by atoms with E-state index in [1.54, 1.807) is 24.3 Å². The fourth-order valence-corrected chi connectivity index (χ4v) is 2.64. The standard InChI is InChI=1S/C15H14ClNO5/c16-11-1-2-12-9(6-11)5-10(7-22-12)13(18)17-15(14(19)20)3-4-21-8-15/h1-2,5-6H,3-4,7-8H2,(H,17,18)(H,19,20). The van der Waals surface area contributed by atoms with Crippen LogP contribution in [0.1, 0.15) is 12.0 Å². The van der Waals surface area contributed by atoms with Crippen molar-refractivity contribution in [3.63, 3.8) is 0 Å². The van der Waals surface area contributed by atoms with Gasteiger partial charge >= 0.3 is 5.97 Å². The topological polar surface area (TPSA) is 84.9 Å². The number of carbonyl (C=O) groups excluding carboxylic acids is 1. The minimum absolute atomic E-state index is 0.0371. The quantitative estimate of drug-likeness (QED) is 0.880. The molecule has 2 aliphatic rings. The smallest absolute Gasteiger partial charge is 0.331 e. The van der Waals surface area contributed by atoms with Gasteiger partial charge in [-0.1, -0.05) is 11.6 Å². The van der Waals surface area contributed by atoms with E-state index in [4.69, 9.17) is 21.1 Å². The lowest BCUT2D eigenvalue weighted by Crippen LogP contribution is -2.55. The summed E-state index contributed by atoms with van der Waals surface area (Å²) in [4.78, 5) is 23.8. The Kier molecular flexibility index (Phi) is 3.80. The van der Waals surface area contributed by atoms with Crippen LogP contribution < -0.4 is 10.1 Å². The van der Waals surface area contributed by atoms with Crippen LogP contribution in [0.3, 0.4) is 0 Å². The van der Waals surface area contributed by atoms with Crippen LogP contribution in [0.25, 0.3) is 6.08 Å². The van der Waals surface area contributed by atoms with Gasteiger partial charge in [0.05, 0.1) is 12.2 Å². The first-order valence-electron chi connectivity index (χ1n) is 6.77. The van der Waals surface area contributed by atoms with E-state index >= 15 is 0 Å². The van der Waals surface area contributed by atoms with Gasteiger partial charge in [0.1, 0.15) is 12.4 Å². The maximum absolute atomic E-state index is 12.3. The van der Waals surface area contributed by atoms with Crippen molar-refractivity contribution in [3.05, 3.63) is 34.4 Å². The highest BCUT2D eigenvalue weighted by Gasteiger charge is 2.44. The van der Waals surface area contributed by atoms with Crippen molar-refractivity contribution in [2.75, 3.05) is 19.8 Å². The van der Waals surface area contributed by atoms with E-state index in [0.717, 1.165) is 0 Å². The number of fused-ring (bicyclic) bond motifs is 1. The predicted molar refractivity (Wildman–Crippen MR) is 78.9 cm³/mol. The van der Waals surface area contributed by atoms with Crippen LogP contribution in [0, 0.1) is 0 Å². The summed E-state index contributed by atoms with van der Waals surface area (Å²) in [5, 5.41) is 12.4. The van der Waals surface area contributed by atoms with E-state index in [0.29, 0.717) is 28.5 Å². The molecule has 2 aliphatic heterocycles. The van der Waals surface area contributed by atoms with Crippen molar-refractivity contribution in [3.8, 4) is 5.75 Å². The summed E-state index contributed by atoms with van der Waals surface area (Å²) in [5.41, 5.74) is -0.328. The number of carbonyl (C=O) groups is 2. The molecule has 0 radical (unpaired) electrons. The molecule has 1 unspecified atom stereocenters. The van der Waals surface area contributed by atoms with Crippen molar-refractivity contribution < 1.29 is 24.2 Å². The van der Waals surface area contributed by atoms with Gasteiger partial charge in [0.15, 0.2) is 5.54 Å². The maximum Gasteiger partial charge on any atom is 0.331 e. The molecule has 1 amide bonds. The largest absolute Gasteiger partial charge is 0.488 e. The summed E-state index contributed by atoms with van der Waals surface area (Å²) in [7, 11) is 0. The molecule has 0 aliphatic carbocycles. The molecule has 22 heavy (non-hydrogen) atoms. The Morgan fingerprint density at radius 2 is 2.18 bits per heavy atom. The van der Waals surface area contributed by atoms with Crippen LogP contribution in [0.4, 0.5) is 0 Å². The Morgan fingerprint density at radius 1 is 1.36 bits per heavy atom.